The fraction of sp³-hybridized carbons (Fsp3) is 0.909. The van der Waals surface area contributed by atoms with E-state index in [0.717, 1.165) is 38.2 Å². The van der Waals surface area contributed by atoms with Gasteiger partial charge in [-0.05, 0) is 25.2 Å². The SMILES string of the molecule is NC1=NCC(C2CCOC2)N1CC1CC1. The van der Waals surface area contributed by atoms with Gasteiger partial charge in [-0.25, -0.2) is 0 Å². The van der Waals surface area contributed by atoms with Gasteiger partial charge in [-0.3, -0.25) is 4.99 Å². The van der Waals surface area contributed by atoms with Crippen molar-refractivity contribution >= 4 is 5.96 Å². The molecule has 3 aliphatic rings. The molecule has 0 aromatic carbocycles. The van der Waals surface area contributed by atoms with Crippen molar-refractivity contribution in [3.63, 3.8) is 0 Å². The van der Waals surface area contributed by atoms with Crippen molar-refractivity contribution in [1.29, 1.82) is 0 Å². The zero-order valence-electron chi connectivity index (χ0n) is 9.06. The van der Waals surface area contributed by atoms with Crippen LogP contribution >= 0.6 is 0 Å². The van der Waals surface area contributed by atoms with E-state index in [1.807, 2.05) is 0 Å². The first-order valence-corrected chi connectivity index (χ1v) is 5.99. The first kappa shape index (κ1) is 9.46. The molecule has 2 atom stereocenters. The van der Waals surface area contributed by atoms with Crippen LogP contribution in [0.5, 0.6) is 0 Å². The van der Waals surface area contributed by atoms with E-state index in [9.17, 15) is 0 Å². The highest BCUT2D eigenvalue weighted by atomic mass is 16.5. The summed E-state index contributed by atoms with van der Waals surface area (Å²) in [6.07, 6.45) is 3.92. The molecule has 84 valence electrons. The summed E-state index contributed by atoms with van der Waals surface area (Å²) in [5.74, 6) is 2.29. The molecule has 2 fully saturated rings. The molecule has 0 spiro atoms. The molecule has 2 unspecified atom stereocenters. The maximum absolute atomic E-state index is 5.95. The molecule has 3 rings (SSSR count). The van der Waals surface area contributed by atoms with Crippen LogP contribution in [0, 0.1) is 11.8 Å². The molecule has 2 N–H and O–H groups in total. The third-order valence-electron chi connectivity index (χ3n) is 3.80. The minimum absolute atomic E-state index is 0.521. The summed E-state index contributed by atoms with van der Waals surface area (Å²) < 4.78 is 5.46. The highest BCUT2D eigenvalue weighted by Crippen LogP contribution is 2.33. The van der Waals surface area contributed by atoms with Gasteiger partial charge in [0.2, 0.25) is 0 Å². The first-order chi connectivity index (χ1) is 7.34. The lowest BCUT2D eigenvalue weighted by molar-refractivity contribution is 0.162. The zero-order chi connectivity index (χ0) is 10.3. The average molecular weight is 209 g/mol. The number of ether oxygens (including phenoxy) is 1. The number of aliphatic imine (C=N–C) groups is 1. The maximum Gasteiger partial charge on any atom is 0.191 e. The van der Waals surface area contributed by atoms with Crippen molar-refractivity contribution in [3.05, 3.63) is 0 Å². The number of guanidine groups is 1. The van der Waals surface area contributed by atoms with E-state index >= 15 is 0 Å². The van der Waals surface area contributed by atoms with Crippen LogP contribution in [0.25, 0.3) is 0 Å². The normalized spacial score (nSPS) is 36.0. The Bertz CT molecular complexity index is 269. The summed E-state index contributed by atoms with van der Waals surface area (Å²) in [6.45, 7) is 3.82. The van der Waals surface area contributed by atoms with Crippen molar-refractivity contribution in [2.24, 2.45) is 22.6 Å². The van der Waals surface area contributed by atoms with Crippen LogP contribution in [-0.2, 0) is 4.74 Å². The van der Waals surface area contributed by atoms with Gasteiger partial charge < -0.3 is 15.4 Å². The van der Waals surface area contributed by atoms with Crippen LogP contribution in [0.4, 0.5) is 0 Å². The van der Waals surface area contributed by atoms with Crippen LogP contribution in [0.2, 0.25) is 0 Å². The molecule has 4 heteroatoms. The Kier molecular flexibility index (Phi) is 2.31. The number of hydrogen-bond donors (Lipinski definition) is 1. The van der Waals surface area contributed by atoms with E-state index in [2.05, 4.69) is 9.89 Å². The smallest absolute Gasteiger partial charge is 0.191 e. The second-order valence-electron chi connectivity index (χ2n) is 4.99. The Morgan fingerprint density at radius 1 is 1.40 bits per heavy atom. The summed E-state index contributed by atoms with van der Waals surface area (Å²) in [5.41, 5.74) is 5.95. The number of hydrogen-bond acceptors (Lipinski definition) is 4. The van der Waals surface area contributed by atoms with Gasteiger partial charge in [0.1, 0.15) is 0 Å². The Hall–Kier alpha value is -0.770. The molecule has 1 saturated heterocycles. The predicted molar refractivity (Wildman–Crippen MR) is 58.6 cm³/mol. The maximum atomic E-state index is 5.95. The van der Waals surface area contributed by atoms with Crippen molar-refractivity contribution in [3.8, 4) is 0 Å². The topological polar surface area (TPSA) is 50.9 Å². The number of rotatable bonds is 3. The van der Waals surface area contributed by atoms with Crippen LogP contribution in [-0.4, -0.2) is 43.2 Å². The summed E-state index contributed by atoms with van der Waals surface area (Å²) in [4.78, 5) is 6.72. The Labute approximate surface area is 90.5 Å². The molecule has 0 aromatic rings. The molecule has 0 amide bonds. The second-order valence-corrected chi connectivity index (χ2v) is 4.99. The lowest BCUT2D eigenvalue weighted by Crippen LogP contribution is -2.45. The van der Waals surface area contributed by atoms with E-state index in [-0.39, 0.29) is 0 Å². The zero-order valence-corrected chi connectivity index (χ0v) is 9.06. The van der Waals surface area contributed by atoms with Crippen LogP contribution in [0.3, 0.4) is 0 Å². The minimum atomic E-state index is 0.521. The molecular weight excluding hydrogens is 190 g/mol. The predicted octanol–water partition coefficient (Wildman–Crippen LogP) is 0.432. The fourth-order valence-corrected chi connectivity index (χ4v) is 2.61. The summed E-state index contributed by atoms with van der Waals surface area (Å²) in [6, 6.07) is 0.521. The largest absolute Gasteiger partial charge is 0.381 e. The molecule has 4 nitrogen and oxygen atoms in total. The standard InChI is InChI=1S/C11H19N3O/c12-11-13-5-10(9-3-4-15-7-9)14(11)6-8-1-2-8/h8-10H,1-7H2,(H2,12,13). The molecule has 1 saturated carbocycles. The van der Waals surface area contributed by atoms with E-state index in [0.29, 0.717) is 12.0 Å². The third-order valence-corrected chi connectivity index (χ3v) is 3.80. The van der Waals surface area contributed by atoms with Crippen molar-refractivity contribution < 1.29 is 4.74 Å². The first-order valence-electron chi connectivity index (χ1n) is 5.99. The van der Waals surface area contributed by atoms with E-state index in [4.69, 9.17) is 10.5 Å². The molecule has 15 heavy (non-hydrogen) atoms. The van der Waals surface area contributed by atoms with Crippen molar-refractivity contribution in [1.82, 2.24) is 4.90 Å². The molecule has 0 bridgehead atoms. The monoisotopic (exact) mass is 209 g/mol. The average Bonchev–Trinajstić information content (AvgIpc) is 2.75. The Morgan fingerprint density at radius 2 is 2.27 bits per heavy atom. The Balaban J connectivity index is 1.66. The van der Waals surface area contributed by atoms with E-state index < -0.39 is 0 Å². The van der Waals surface area contributed by atoms with E-state index in [1.165, 1.54) is 19.3 Å². The van der Waals surface area contributed by atoms with Gasteiger partial charge in [-0.1, -0.05) is 0 Å². The molecule has 1 aliphatic carbocycles. The summed E-state index contributed by atoms with van der Waals surface area (Å²) in [7, 11) is 0. The molecule has 2 aliphatic heterocycles. The molecular formula is C11H19N3O. The van der Waals surface area contributed by atoms with Gasteiger partial charge in [-0.2, -0.15) is 0 Å². The van der Waals surface area contributed by atoms with Crippen LogP contribution in [0.1, 0.15) is 19.3 Å². The Morgan fingerprint density at radius 3 is 2.93 bits per heavy atom. The highest BCUT2D eigenvalue weighted by Gasteiger charge is 2.37. The van der Waals surface area contributed by atoms with Crippen LogP contribution in [0.15, 0.2) is 4.99 Å². The summed E-state index contributed by atoms with van der Waals surface area (Å²) >= 11 is 0. The third kappa shape index (κ3) is 1.83. The molecule has 0 aromatic heterocycles. The number of nitrogens with zero attached hydrogens (tertiary/aromatic N) is 2. The second kappa shape index (κ2) is 3.67. The van der Waals surface area contributed by atoms with Gasteiger partial charge in [0.25, 0.3) is 0 Å². The van der Waals surface area contributed by atoms with Crippen molar-refractivity contribution in [2.75, 3.05) is 26.3 Å². The minimum Gasteiger partial charge on any atom is -0.381 e. The summed E-state index contributed by atoms with van der Waals surface area (Å²) in [5, 5.41) is 0. The van der Waals surface area contributed by atoms with Gasteiger partial charge in [0, 0.05) is 19.1 Å². The van der Waals surface area contributed by atoms with Gasteiger partial charge in [0.05, 0.1) is 19.2 Å². The quantitative estimate of drug-likeness (QED) is 0.733. The number of nitrogens with two attached hydrogens (primary N) is 1. The molecule has 2 heterocycles. The molecule has 0 radical (unpaired) electrons. The van der Waals surface area contributed by atoms with Crippen molar-refractivity contribution in [2.45, 2.75) is 25.3 Å². The van der Waals surface area contributed by atoms with Gasteiger partial charge >= 0.3 is 0 Å². The van der Waals surface area contributed by atoms with Gasteiger partial charge in [-0.15, -0.1) is 0 Å². The fourth-order valence-electron chi connectivity index (χ4n) is 2.61. The van der Waals surface area contributed by atoms with E-state index in [1.54, 1.807) is 0 Å². The highest BCUT2D eigenvalue weighted by molar-refractivity contribution is 5.80. The lowest BCUT2D eigenvalue weighted by atomic mass is 9.98. The van der Waals surface area contributed by atoms with Crippen LogP contribution < -0.4 is 5.73 Å². The van der Waals surface area contributed by atoms with Gasteiger partial charge in [0.15, 0.2) is 5.96 Å². The lowest BCUT2D eigenvalue weighted by Gasteiger charge is -2.29.